The normalized spacial score (nSPS) is 12.0. The lowest BCUT2D eigenvalue weighted by molar-refractivity contribution is 1.18. The molecule has 4 aromatic heterocycles. The number of rotatable bonds is 1. The number of nitrogens with zero attached hydrogens (tertiary/aromatic N) is 3. The minimum Gasteiger partial charge on any atom is -0.353 e. The molecule has 30 heavy (non-hydrogen) atoms. The van der Waals surface area contributed by atoms with Crippen LogP contribution in [-0.2, 0) is 0 Å². The minimum atomic E-state index is 0.900. The van der Waals surface area contributed by atoms with E-state index in [-0.39, 0.29) is 0 Å². The van der Waals surface area contributed by atoms with E-state index in [2.05, 4.69) is 88.4 Å². The molecule has 1 N–H and O–H groups in total. The summed E-state index contributed by atoms with van der Waals surface area (Å²) in [6.45, 7) is 0. The summed E-state index contributed by atoms with van der Waals surface area (Å²) in [7, 11) is 0. The van der Waals surface area contributed by atoms with Crippen molar-refractivity contribution in [2.75, 3.05) is 0 Å². The molecular weight excluding hydrogens is 368 g/mol. The molecule has 7 aromatic rings. The van der Waals surface area contributed by atoms with E-state index >= 15 is 0 Å². The largest absolute Gasteiger partial charge is 0.353 e. The Hall–Kier alpha value is -4.18. The number of pyridine rings is 2. The van der Waals surface area contributed by atoms with Crippen LogP contribution < -0.4 is 0 Å². The fourth-order valence-electron chi connectivity index (χ4n) is 4.56. The van der Waals surface area contributed by atoms with Gasteiger partial charge in [0.2, 0.25) is 0 Å². The third kappa shape index (κ3) is 2.05. The standard InChI is InChI=1S/C26H16N4/c1-2-8-16(9-3-1)30-23-13-7-5-11-18(23)26-24(30)15-21-20(29-26)14-22-25(28-21)17-10-4-6-12-19(17)27-22/h1-15,27H. The molecule has 3 aromatic carbocycles. The zero-order valence-electron chi connectivity index (χ0n) is 16.0. The van der Waals surface area contributed by atoms with Crippen molar-refractivity contribution in [2.45, 2.75) is 0 Å². The van der Waals surface area contributed by atoms with Crippen molar-refractivity contribution in [1.82, 2.24) is 19.5 Å². The second-order valence-electron chi connectivity index (χ2n) is 7.64. The van der Waals surface area contributed by atoms with Crippen LogP contribution >= 0.6 is 0 Å². The Morgan fingerprint density at radius 3 is 2.17 bits per heavy atom. The zero-order valence-corrected chi connectivity index (χ0v) is 16.0. The molecule has 0 saturated heterocycles. The Morgan fingerprint density at radius 2 is 1.27 bits per heavy atom. The number of aromatic nitrogens is 4. The van der Waals surface area contributed by atoms with E-state index in [0.29, 0.717) is 0 Å². The summed E-state index contributed by atoms with van der Waals surface area (Å²) in [4.78, 5) is 13.6. The van der Waals surface area contributed by atoms with Crippen molar-refractivity contribution in [3.63, 3.8) is 0 Å². The minimum absolute atomic E-state index is 0.900. The van der Waals surface area contributed by atoms with Crippen LogP contribution in [-0.4, -0.2) is 19.5 Å². The van der Waals surface area contributed by atoms with E-state index in [1.807, 2.05) is 12.1 Å². The molecular formula is C26H16N4. The second-order valence-corrected chi connectivity index (χ2v) is 7.64. The van der Waals surface area contributed by atoms with Crippen LogP contribution in [0.5, 0.6) is 0 Å². The van der Waals surface area contributed by atoms with Crippen LogP contribution in [0.2, 0.25) is 0 Å². The van der Waals surface area contributed by atoms with Crippen molar-refractivity contribution in [3.05, 3.63) is 91.0 Å². The quantitative estimate of drug-likeness (QED) is 0.358. The highest BCUT2D eigenvalue weighted by molar-refractivity contribution is 6.12. The lowest BCUT2D eigenvalue weighted by Crippen LogP contribution is -1.94. The number of hydrogen-bond donors (Lipinski definition) is 1. The molecule has 4 heterocycles. The molecule has 0 aliphatic carbocycles. The zero-order chi connectivity index (χ0) is 19.7. The van der Waals surface area contributed by atoms with Gasteiger partial charge in [0.1, 0.15) is 0 Å². The van der Waals surface area contributed by atoms with Gasteiger partial charge in [-0.2, -0.15) is 0 Å². The molecule has 0 radical (unpaired) electrons. The van der Waals surface area contributed by atoms with Gasteiger partial charge in [-0.05, 0) is 36.4 Å². The molecule has 4 heteroatoms. The summed E-state index contributed by atoms with van der Waals surface area (Å²) in [5.74, 6) is 0. The lowest BCUT2D eigenvalue weighted by Gasteiger charge is -2.07. The van der Waals surface area contributed by atoms with Gasteiger partial charge >= 0.3 is 0 Å². The van der Waals surface area contributed by atoms with Gasteiger partial charge in [0, 0.05) is 22.0 Å². The monoisotopic (exact) mass is 384 g/mol. The lowest BCUT2D eigenvalue weighted by atomic mass is 10.2. The summed E-state index contributed by atoms with van der Waals surface area (Å²) in [5.41, 5.74) is 9.25. The van der Waals surface area contributed by atoms with Gasteiger partial charge in [0.05, 0.1) is 38.6 Å². The number of H-pyrrole nitrogens is 1. The maximum Gasteiger partial charge on any atom is 0.0972 e. The van der Waals surface area contributed by atoms with Crippen LogP contribution in [0, 0.1) is 0 Å². The number of para-hydroxylation sites is 3. The van der Waals surface area contributed by atoms with Crippen molar-refractivity contribution < 1.29 is 0 Å². The van der Waals surface area contributed by atoms with Crippen molar-refractivity contribution in [3.8, 4) is 5.69 Å². The SMILES string of the molecule is c1ccc(-n2c3ccccc3c3nc4cc5[nH]c6ccccc6c5nc4cc32)cc1. The van der Waals surface area contributed by atoms with Crippen LogP contribution in [0.15, 0.2) is 91.0 Å². The summed E-state index contributed by atoms with van der Waals surface area (Å²) >= 11 is 0. The molecule has 0 saturated carbocycles. The highest BCUT2D eigenvalue weighted by Gasteiger charge is 2.15. The fourth-order valence-corrected chi connectivity index (χ4v) is 4.56. The van der Waals surface area contributed by atoms with Gasteiger partial charge in [-0.1, -0.05) is 54.6 Å². The molecule has 0 atom stereocenters. The van der Waals surface area contributed by atoms with Gasteiger partial charge in [-0.25, -0.2) is 9.97 Å². The number of aromatic amines is 1. The predicted molar refractivity (Wildman–Crippen MR) is 123 cm³/mol. The van der Waals surface area contributed by atoms with E-state index in [1.165, 1.54) is 0 Å². The molecule has 0 spiro atoms. The Labute approximate surface area is 171 Å². The first kappa shape index (κ1) is 15.7. The molecule has 0 bridgehead atoms. The molecule has 0 unspecified atom stereocenters. The van der Waals surface area contributed by atoms with Gasteiger partial charge in [-0.15, -0.1) is 0 Å². The first-order valence-corrected chi connectivity index (χ1v) is 10.0. The average Bonchev–Trinajstić information content (AvgIpc) is 3.31. The van der Waals surface area contributed by atoms with Gasteiger partial charge in [0.25, 0.3) is 0 Å². The van der Waals surface area contributed by atoms with Gasteiger partial charge < -0.3 is 9.55 Å². The molecule has 0 amide bonds. The molecule has 0 fully saturated rings. The Kier molecular flexibility index (Phi) is 2.97. The second kappa shape index (κ2) is 5.67. The van der Waals surface area contributed by atoms with Crippen molar-refractivity contribution >= 4 is 54.9 Å². The smallest absolute Gasteiger partial charge is 0.0972 e. The number of benzene rings is 3. The number of fused-ring (bicyclic) bond motifs is 7. The first-order chi connectivity index (χ1) is 14.9. The van der Waals surface area contributed by atoms with Crippen LogP contribution in [0.4, 0.5) is 0 Å². The fraction of sp³-hybridized carbons (Fsp3) is 0. The maximum atomic E-state index is 5.07. The molecule has 0 aliphatic rings. The summed E-state index contributed by atoms with van der Waals surface area (Å²) in [5, 5.41) is 2.29. The van der Waals surface area contributed by atoms with E-state index in [4.69, 9.17) is 9.97 Å². The van der Waals surface area contributed by atoms with Crippen molar-refractivity contribution in [2.24, 2.45) is 0 Å². The van der Waals surface area contributed by atoms with E-state index < -0.39 is 0 Å². The van der Waals surface area contributed by atoms with Crippen LogP contribution in [0.1, 0.15) is 0 Å². The van der Waals surface area contributed by atoms with E-state index in [9.17, 15) is 0 Å². The molecule has 4 nitrogen and oxygen atoms in total. The Morgan fingerprint density at radius 1 is 0.567 bits per heavy atom. The molecule has 140 valence electrons. The number of hydrogen-bond acceptors (Lipinski definition) is 2. The third-order valence-corrected chi connectivity index (χ3v) is 5.89. The highest BCUT2D eigenvalue weighted by Crippen LogP contribution is 2.34. The maximum absolute atomic E-state index is 5.07. The Bertz CT molecular complexity index is 1740. The Balaban J connectivity index is 1.66. The van der Waals surface area contributed by atoms with E-state index in [0.717, 1.165) is 60.6 Å². The molecule has 7 rings (SSSR count). The van der Waals surface area contributed by atoms with Gasteiger partial charge in [0.15, 0.2) is 0 Å². The average molecular weight is 384 g/mol. The predicted octanol–water partition coefficient (Wildman–Crippen LogP) is 6.36. The topological polar surface area (TPSA) is 46.5 Å². The van der Waals surface area contributed by atoms with Crippen molar-refractivity contribution in [1.29, 1.82) is 0 Å². The number of nitrogens with one attached hydrogen (secondary N) is 1. The summed E-state index contributed by atoms with van der Waals surface area (Å²) < 4.78 is 2.28. The summed E-state index contributed by atoms with van der Waals surface area (Å²) in [6.07, 6.45) is 0. The van der Waals surface area contributed by atoms with Crippen LogP contribution in [0.3, 0.4) is 0 Å². The van der Waals surface area contributed by atoms with E-state index in [1.54, 1.807) is 0 Å². The van der Waals surface area contributed by atoms with Gasteiger partial charge in [-0.3, -0.25) is 0 Å². The molecule has 0 aliphatic heterocycles. The third-order valence-electron chi connectivity index (χ3n) is 5.89. The first-order valence-electron chi connectivity index (χ1n) is 10.0. The van der Waals surface area contributed by atoms with Crippen LogP contribution in [0.25, 0.3) is 60.6 Å². The highest BCUT2D eigenvalue weighted by atomic mass is 15.0. The summed E-state index contributed by atoms with van der Waals surface area (Å²) in [6, 6.07) is 31.5.